The van der Waals surface area contributed by atoms with Gasteiger partial charge in [0.25, 0.3) is 5.91 Å². The van der Waals surface area contributed by atoms with E-state index in [1.807, 2.05) is 42.5 Å². The highest BCUT2D eigenvalue weighted by Crippen LogP contribution is 2.21. The number of benzene rings is 2. The Balaban J connectivity index is 1.68. The second-order valence-corrected chi connectivity index (χ2v) is 4.93. The predicted molar refractivity (Wildman–Crippen MR) is 79.5 cm³/mol. The van der Waals surface area contributed by atoms with Crippen molar-refractivity contribution >= 4 is 11.6 Å². The second kappa shape index (κ2) is 5.88. The fraction of sp³-hybridized carbons (Fsp3) is 0.235. The Morgan fingerprint density at radius 1 is 1.00 bits per heavy atom. The van der Waals surface area contributed by atoms with Crippen LogP contribution in [0.1, 0.15) is 12.8 Å². The lowest BCUT2D eigenvalue weighted by molar-refractivity contribution is -0.124. The zero-order valence-electron chi connectivity index (χ0n) is 11.2. The van der Waals surface area contributed by atoms with E-state index in [1.54, 1.807) is 0 Å². The summed E-state index contributed by atoms with van der Waals surface area (Å²) in [5, 5.41) is 2.90. The van der Waals surface area contributed by atoms with E-state index < -0.39 is 0 Å². The zero-order valence-corrected chi connectivity index (χ0v) is 11.2. The lowest BCUT2D eigenvalue weighted by Crippen LogP contribution is -2.26. The summed E-state index contributed by atoms with van der Waals surface area (Å²) in [7, 11) is 0. The van der Waals surface area contributed by atoms with E-state index in [1.165, 1.54) is 5.56 Å². The summed E-state index contributed by atoms with van der Waals surface area (Å²) < 4.78 is 5.37. The van der Waals surface area contributed by atoms with Gasteiger partial charge in [0.1, 0.15) is 6.10 Å². The molecule has 1 heterocycles. The molecule has 1 saturated heterocycles. The van der Waals surface area contributed by atoms with Gasteiger partial charge in [-0.3, -0.25) is 4.79 Å². The van der Waals surface area contributed by atoms with E-state index in [0.29, 0.717) is 6.61 Å². The average molecular weight is 267 g/mol. The number of hydrogen-bond donors (Lipinski definition) is 1. The molecule has 1 aliphatic rings. The first kappa shape index (κ1) is 12.9. The van der Waals surface area contributed by atoms with Crippen molar-refractivity contribution in [2.24, 2.45) is 0 Å². The molecule has 102 valence electrons. The average Bonchev–Trinajstić information content (AvgIpc) is 3.03. The molecule has 3 nitrogen and oxygen atoms in total. The SMILES string of the molecule is O=C(Nc1ccc(-c2ccccc2)cc1)C1CCCO1. The van der Waals surface area contributed by atoms with Gasteiger partial charge in [-0.1, -0.05) is 42.5 Å². The number of rotatable bonds is 3. The van der Waals surface area contributed by atoms with Gasteiger partial charge in [-0.25, -0.2) is 0 Å². The molecule has 0 radical (unpaired) electrons. The second-order valence-electron chi connectivity index (χ2n) is 4.93. The van der Waals surface area contributed by atoms with E-state index in [-0.39, 0.29) is 12.0 Å². The highest BCUT2D eigenvalue weighted by molar-refractivity contribution is 5.94. The Kier molecular flexibility index (Phi) is 3.79. The monoisotopic (exact) mass is 267 g/mol. The van der Waals surface area contributed by atoms with Gasteiger partial charge in [0.2, 0.25) is 0 Å². The van der Waals surface area contributed by atoms with E-state index in [4.69, 9.17) is 4.74 Å². The molecule has 1 fully saturated rings. The molecule has 20 heavy (non-hydrogen) atoms. The van der Waals surface area contributed by atoms with Crippen molar-refractivity contribution in [1.82, 2.24) is 0 Å². The number of anilines is 1. The van der Waals surface area contributed by atoms with Crippen LogP contribution in [0.25, 0.3) is 11.1 Å². The number of ether oxygens (including phenoxy) is 1. The van der Waals surface area contributed by atoms with Crippen LogP contribution in [0.4, 0.5) is 5.69 Å². The summed E-state index contributed by atoms with van der Waals surface area (Å²) in [6.07, 6.45) is 1.49. The highest BCUT2D eigenvalue weighted by Gasteiger charge is 2.23. The van der Waals surface area contributed by atoms with Crippen molar-refractivity contribution in [2.75, 3.05) is 11.9 Å². The van der Waals surface area contributed by atoms with Crippen LogP contribution < -0.4 is 5.32 Å². The molecule has 0 aromatic heterocycles. The largest absolute Gasteiger partial charge is 0.368 e. The quantitative estimate of drug-likeness (QED) is 0.924. The Morgan fingerprint density at radius 3 is 2.35 bits per heavy atom. The number of nitrogens with one attached hydrogen (secondary N) is 1. The summed E-state index contributed by atoms with van der Waals surface area (Å²) in [4.78, 5) is 11.9. The molecular formula is C17H17NO2. The van der Waals surface area contributed by atoms with Crippen molar-refractivity contribution < 1.29 is 9.53 Å². The number of carbonyl (C=O) groups is 1. The summed E-state index contributed by atoms with van der Waals surface area (Å²) in [6.45, 7) is 0.686. The van der Waals surface area contributed by atoms with Crippen LogP contribution >= 0.6 is 0 Å². The van der Waals surface area contributed by atoms with Gasteiger partial charge >= 0.3 is 0 Å². The Labute approximate surface area is 118 Å². The first-order valence-corrected chi connectivity index (χ1v) is 6.91. The lowest BCUT2D eigenvalue weighted by atomic mass is 10.1. The standard InChI is InChI=1S/C17H17NO2/c19-17(16-7-4-12-20-16)18-15-10-8-14(9-11-15)13-5-2-1-3-6-13/h1-3,5-6,8-11,16H,4,7,12H2,(H,18,19). The maximum absolute atomic E-state index is 11.9. The fourth-order valence-electron chi connectivity index (χ4n) is 2.38. The molecule has 1 unspecified atom stereocenters. The molecule has 0 spiro atoms. The third kappa shape index (κ3) is 2.89. The molecule has 2 aromatic rings. The topological polar surface area (TPSA) is 38.3 Å². The molecule has 0 bridgehead atoms. The molecule has 1 N–H and O–H groups in total. The molecule has 1 amide bonds. The lowest BCUT2D eigenvalue weighted by Gasteiger charge is -2.11. The minimum atomic E-state index is -0.288. The smallest absolute Gasteiger partial charge is 0.253 e. The Hall–Kier alpha value is -2.13. The van der Waals surface area contributed by atoms with Gasteiger partial charge in [-0.15, -0.1) is 0 Å². The first-order chi connectivity index (χ1) is 9.83. The number of amides is 1. The maximum Gasteiger partial charge on any atom is 0.253 e. The summed E-state index contributed by atoms with van der Waals surface area (Å²) in [5.41, 5.74) is 3.12. The minimum absolute atomic E-state index is 0.0463. The van der Waals surface area contributed by atoms with Crippen LogP contribution in [0, 0.1) is 0 Å². The van der Waals surface area contributed by atoms with Crippen LogP contribution in [0.3, 0.4) is 0 Å². The van der Waals surface area contributed by atoms with Gasteiger partial charge in [-0.2, -0.15) is 0 Å². The van der Waals surface area contributed by atoms with Crippen LogP contribution in [-0.4, -0.2) is 18.6 Å². The molecule has 3 rings (SSSR count). The summed E-state index contributed by atoms with van der Waals surface area (Å²) >= 11 is 0. The van der Waals surface area contributed by atoms with Gasteiger partial charge < -0.3 is 10.1 Å². The van der Waals surface area contributed by atoms with Crippen molar-refractivity contribution in [2.45, 2.75) is 18.9 Å². The van der Waals surface area contributed by atoms with Gasteiger partial charge in [0.15, 0.2) is 0 Å². The van der Waals surface area contributed by atoms with Gasteiger partial charge in [0.05, 0.1) is 0 Å². The molecular weight excluding hydrogens is 250 g/mol. The van der Waals surface area contributed by atoms with E-state index in [0.717, 1.165) is 24.1 Å². The molecule has 1 atom stereocenters. The summed E-state index contributed by atoms with van der Waals surface area (Å²) in [6, 6.07) is 18.1. The van der Waals surface area contributed by atoms with E-state index in [2.05, 4.69) is 17.4 Å². The van der Waals surface area contributed by atoms with E-state index in [9.17, 15) is 4.79 Å². The van der Waals surface area contributed by atoms with Crippen LogP contribution in [0.2, 0.25) is 0 Å². The van der Waals surface area contributed by atoms with Crippen molar-refractivity contribution in [3.63, 3.8) is 0 Å². The summed E-state index contributed by atoms with van der Waals surface area (Å²) in [5.74, 6) is -0.0463. The van der Waals surface area contributed by atoms with Crippen molar-refractivity contribution in [3.05, 3.63) is 54.6 Å². The molecule has 3 heteroatoms. The molecule has 1 aliphatic heterocycles. The van der Waals surface area contributed by atoms with Crippen molar-refractivity contribution in [1.29, 1.82) is 0 Å². The zero-order chi connectivity index (χ0) is 13.8. The van der Waals surface area contributed by atoms with Crippen LogP contribution in [0.15, 0.2) is 54.6 Å². The molecule has 2 aromatic carbocycles. The van der Waals surface area contributed by atoms with Gasteiger partial charge in [-0.05, 0) is 36.1 Å². The predicted octanol–water partition coefficient (Wildman–Crippen LogP) is 3.47. The van der Waals surface area contributed by atoms with E-state index >= 15 is 0 Å². The van der Waals surface area contributed by atoms with Crippen LogP contribution in [-0.2, 0) is 9.53 Å². The number of hydrogen-bond acceptors (Lipinski definition) is 2. The first-order valence-electron chi connectivity index (χ1n) is 6.91. The number of carbonyl (C=O) groups excluding carboxylic acids is 1. The minimum Gasteiger partial charge on any atom is -0.368 e. The van der Waals surface area contributed by atoms with Crippen molar-refractivity contribution in [3.8, 4) is 11.1 Å². The Morgan fingerprint density at radius 2 is 1.70 bits per heavy atom. The molecule has 0 aliphatic carbocycles. The Bertz CT molecular complexity index is 572. The van der Waals surface area contributed by atoms with Crippen LogP contribution in [0.5, 0.6) is 0 Å². The highest BCUT2D eigenvalue weighted by atomic mass is 16.5. The molecule has 0 saturated carbocycles. The third-order valence-corrected chi connectivity index (χ3v) is 3.48. The normalized spacial score (nSPS) is 17.9. The van der Waals surface area contributed by atoms with Gasteiger partial charge in [0, 0.05) is 12.3 Å². The fourth-order valence-corrected chi connectivity index (χ4v) is 2.38. The third-order valence-electron chi connectivity index (χ3n) is 3.48. The maximum atomic E-state index is 11.9.